The molecule has 334 valence electrons. The van der Waals surface area contributed by atoms with Gasteiger partial charge in [0.1, 0.15) is 31.0 Å². The van der Waals surface area contributed by atoms with Crippen molar-refractivity contribution in [1.82, 2.24) is 36.1 Å². The van der Waals surface area contributed by atoms with E-state index in [1.54, 1.807) is 35.8 Å². The number of benzene rings is 2. The summed E-state index contributed by atoms with van der Waals surface area (Å²) in [4.78, 5) is 82.5. The highest BCUT2D eigenvalue weighted by Gasteiger charge is 2.51. The van der Waals surface area contributed by atoms with Gasteiger partial charge in [-0.2, -0.15) is 0 Å². The molecule has 1 fully saturated rings. The number of hydrogen-bond acceptors (Lipinski definition) is 11. The summed E-state index contributed by atoms with van der Waals surface area (Å²) < 4.78 is 28.7. The Morgan fingerprint density at radius 3 is 2.53 bits per heavy atom. The molecule has 5 aliphatic rings. The van der Waals surface area contributed by atoms with Crippen LogP contribution in [0.4, 0.5) is 4.39 Å². The largest absolute Gasteiger partial charge is 0.490 e. The molecule has 0 unspecified atom stereocenters. The fourth-order valence-electron chi connectivity index (χ4n) is 9.75. The summed E-state index contributed by atoms with van der Waals surface area (Å²) in [5.41, 5.74) is 10.7. The molecule has 0 bridgehead atoms. The third-order valence-corrected chi connectivity index (χ3v) is 13.2. The highest BCUT2D eigenvalue weighted by molar-refractivity contribution is 5.94. The van der Waals surface area contributed by atoms with Crippen LogP contribution in [0.1, 0.15) is 77.6 Å². The number of halogens is 1. The Bertz CT molecular complexity index is 2730. The lowest BCUT2D eigenvalue weighted by Crippen LogP contribution is -2.52. The molecule has 4 heterocycles. The molecule has 1 saturated carbocycles. The van der Waals surface area contributed by atoms with Crippen molar-refractivity contribution in [1.29, 1.82) is 0 Å². The maximum Gasteiger partial charge on any atom is 0.258 e. The van der Waals surface area contributed by atoms with E-state index in [1.807, 2.05) is 19.1 Å². The highest BCUT2D eigenvalue weighted by Crippen LogP contribution is 2.52. The van der Waals surface area contributed by atoms with E-state index in [9.17, 15) is 33.9 Å². The first-order chi connectivity index (χ1) is 30.7. The number of carbonyl (C=O) groups excluding carboxylic acids is 5. The van der Waals surface area contributed by atoms with E-state index in [0.29, 0.717) is 71.5 Å². The number of nitrogens with two attached hydrogens (primary N) is 1. The number of hydrogen-bond donors (Lipinski definition) is 7. The van der Waals surface area contributed by atoms with Crippen LogP contribution in [0.25, 0.3) is 22.3 Å². The van der Waals surface area contributed by atoms with Crippen molar-refractivity contribution in [3.63, 3.8) is 0 Å². The lowest BCUT2D eigenvalue weighted by molar-refractivity contribution is -0.137. The molecule has 2 aliphatic heterocycles. The predicted octanol–water partition coefficient (Wildman–Crippen LogP) is 1.16. The molecule has 3 atom stereocenters. The molecular formula is C46H49FN8O9. The van der Waals surface area contributed by atoms with Crippen molar-refractivity contribution < 1.29 is 42.9 Å². The maximum atomic E-state index is 15.4. The zero-order valence-corrected chi connectivity index (χ0v) is 35.4. The smallest absolute Gasteiger partial charge is 0.258 e. The Labute approximate surface area is 366 Å². The lowest BCUT2D eigenvalue weighted by Gasteiger charge is -2.44. The zero-order valence-electron chi connectivity index (χ0n) is 35.4. The van der Waals surface area contributed by atoms with Gasteiger partial charge in [0, 0.05) is 41.3 Å². The summed E-state index contributed by atoms with van der Waals surface area (Å²) in [5.74, 6) is -2.68. The standard InChI is InChI=1S/C46H49FN8O9/c1-22-15-46(62)30-13-35-41-28(19-55(35)45(61)29(30)20-63-42(22)46)40-32(9-8-27-23(2)31(47)14-33(53-41)39(27)40)54-43(59)25-11-26(12-25)64-21-51-37(57)17-50-44(60)34(10-24-6-4-3-5-7-24)52-38(58)18-49-36(56)16-48/h3-7,13-14,25-26,32,34,62H,8-12,15-21,48H2,1-2H3,(H,49,56)(H,50,60)(H,51,57)(H,52,58)(H,54,59)/t25?,26?,32-,34-,46-/m0/s1. The van der Waals surface area contributed by atoms with Gasteiger partial charge in [0.05, 0.1) is 60.8 Å². The summed E-state index contributed by atoms with van der Waals surface area (Å²) in [5, 5.41) is 25.7. The van der Waals surface area contributed by atoms with Crippen LogP contribution < -0.4 is 37.9 Å². The first-order valence-electron chi connectivity index (χ1n) is 21.5. The molecular weight excluding hydrogens is 828 g/mol. The molecule has 18 heteroatoms. The number of carbonyl (C=O) groups is 5. The number of aromatic nitrogens is 2. The van der Waals surface area contributed by atoms with Gasteiger partial charge in [-0.15, -0.1) is 0 Å². The van der Waals surface area contributed by atoms with Crippen LogP contribution in [-0.2, 0) is 65.0 Å². The van der Waals surface area contributed by atoms with Gasteiger partial charge < -0.3 is 51.5 Å². The monoisotopic (exact) mass is 876 g/mol. The molecule has 8 N–H and O–H groups in total. The maximum absolute atomic E-state index is 15.4. The summed E-state index contributed by atoms with van der Waals surface area (Å²) in [6.45, 7) is 2.69. The van der Waals surface area contributed by atoms with E-state index in [0.717, 1.165) is 33.2 Å². The minimum absolute atomic E-state index is 0.0468. The second kappa shape index (κ2) is 16.9. The first-order valence-corrected chi connectivity index (χ1v) is 21.5. The number of ether oxygens (including phenoxy) is 2. The predicted molar refractivity (Wildman–Crippen MR) is 228 cm³/mol. The fourth-order valence-corrected chi connectivity index (χ4v) is 9.75. The molecule has 3 aliphatic carbocycles. The van der Waals surface area contributed by atoms with Crippen LogP contribution >= 0.6 is 0 Å². The van der Waals surface area contributed by atoms with Crippen LogP contribution in [-0.4, -0.2) is 82.7 Å². The normalized spacial score (nSPS) is 21.4. The van der Waals surface area contributed by atoms with Gasteiger partial charge in [0.25, 0.3) is 5.56 Å². The summed E-state index contributed by atoms with van der Waals surface area (Å²) in [6, 6.07) is 10.8. The Balaban J connectivity index is 0.815. The number of rotatable bonds is 14. The number of amides is 5. The number of nitrogens with one attached hydrogen (secondary N) is 5. The van der Waals surface area contributed by atoms with Gasteiger partial charge in [-0.25, -0.2) is 9.37 Å². The van der Waals surface area contributed by atoms with E-state index >= 15 is 4.39 Å². The summed E-state index contributed by atoms with van der Waals surface area (Å²) >= 11 is 0. The van der Waals surface area contributed by atoms with Crippen LogP contribution in [0.15, 0.2) is 58.6 Å². The third-order valence-electron chi connectivity index (χ3n) is 13.2. The quantitative estimate of drug-likeness (QED) is 0.0781. The average molecular weight is 877 g/mol. The van der Waals surface area contributed by atoms with Gasteiger partial charge in [0.15, 0.2) is 5.60 Å². The second-order valence-corrected chi connectivity index (χ2v) is 17.3. The van der Waals surface area contributed by atoms with Gasteiger partial charge in [-0.3, -0.25) is 28.8 Å². The van der Waals surface area contributed by atoms with E-state index in [-0.39, 0.29) is 75.2 Å². The Morgan fingerprint density at radius 2 is 1.78 bits per heavy atom. The van der Waals surface area contributed by atoms with Crippen molar-refractivity contribution in [2.24, 2.45) is 11.7 Å². The number of aryl methyl sites for hydroxylation is 1. The lowest BCUT2D eigenvalue weighted by atomic mass is 9.72. The Kier molecular flexibility index (Phi) is 11.3. The van der Waals surface area contributed by atoms with Crippen molar-refractivity contribution in [2.45, 2.75) is 89.3 Å². The van der Waals surface area contributed by atoms with Gasteiger partial charge in [-0.05, 0) is 73.4 Å². The number of aliphatic hydroxyl groups is 1. The summed E-state index contributed by atoms with van der Waals surface area (Å²) in [7, 11) is 0. The van der Waals surface area contributed by atoms with Crippen molar-refractivity contribution in [3.05, 3.63) is 109 Å². The fraction of sp³-hybridized carbons (Fsp3) is 0.413. The van der Waals surface area contributed by atoms with Crippen LogP contribution in [0.5, 0.6) is 0 Å². The minimum atomic E-state index is -1.39. The number of pyridine rings is 2. The highest BCUT2D eigenvalue weighted by atomic mass is 19.1. The third kappa shape index (κ3) is 7.68. The average Bonchev–Trinajstić information content (AvgIpc) is 3.63. The number of fused-ring (bicyclic) bond motifs is 7. The molecule has 0 radical (unpaired) electrons. The Morgan fingerprint density at radius 1 is 1.02 bits per heavy atom. The zero-order chi connectivity index (χ0) is 45.0. The van der Waals surface area contributed by atoms with Crippen molar-refractivity contribution >= 4 is 40.4 Å². The van der Waals surface area contributed by atoms with Gasteiger partial charge in [0.2, 0.25) is 29.5 Å². The van der Waals surface area contributed by atoms with Crippen LogP contribution in [0, 0.1) is 18.7 Å². The molecule has 5 amide bonds. The minimum Gasteiger partial charge on any atom is -0.490 e. The van der Waals surface area contributed by atoms with E-state index in [1.165, 1.54) is 6.07 Å². The molecule has 0 saturated heterocycles. The molecule has 9 rings (SSSR count). The molecule has 2 aromatic carbocycles. The van der Waals surface area contributed by atoms with E-state index in [2.05, 4.69) is 26.6 Å². The number of nitrogens with zero attached hydrogens (tertiary/aromatic N) is 2. The SMILES string of the molecule is CC1=C2OCc3c(cc4n(c3=O)Cc3c-4nc4cc(F)c(C)c5c4c3[C@@H](NC(=O)C3CC(OCNC(=O)CNC(=O)[C@H](Cc4ccccc4)NC(=O)CNC(=O)CN)C3)CC5)[C@@]2(O)C1. The van der Waals surface area contributed by atoms with Gasteiger partial charge in [-0.1, -0.05) is 30.3 Å². The van der Waals surface area contributed by atoms with Crippen molar-refractivity contribution in [3.8, 4) is 11.4 Å². The van der Waals surface area contributed by atoms with Crippen LogP contribution in [0.3, 0.4) is 0 Å². The van der Waals surface area contributed by atoms with Crippen LogP contribution in [0.2, 0.25) is 0 Å². The Hall–Kier alpha value is -6.50. The van der Waals surface area contributed by atoms with E-state index in [4.69, 9.17) is 20.2 Å². The molecule has 64 heavy (non-hydrogen) atoms. The second-order valence-electron chi connectivity index (χ2n) is 17.3. The topological polar surface area (TPSA) is 245 Å². The van der Waals surface area contributed by atoms with Gasteiger partial charge >= 0.3 is 0 Å². The first kappa shape index (κ1) is 42.8. The summed E-state index contributed by atoms with van der Waals surface area (Å²) in [6.07, 6.45) is 2.06. The molecule has 4 aromatic rings. The molecule has 2 aromatic heterocycles. The molecule has 0 spiro atoms. The van der Waals surface area contributed by atoms with E-state index < -0.39 is 41.3 Å². The molecule has 17 nitrogen and oxygen atoms in total. The van der Waals surface area contributed by atoms with Crippen molar-refractivity contribution in [2.75, 3.05) is 26.4 Å².